The van der Waals surface area contributed by atoms with Gasteiger partial charge in [-0.1, -0.05) is 77.1 Å². The van der Waals surface area contributed by atoms with E-state index in [2.05, 4.69) is 63.8 Å². The fraction of sp³-hybridized carbons (Fsp3) is 0.100. The van der Waals surface area contributed by atoms with Crippen LogP contribution in [0.5, 0.6) is 0 Å². The highest BCUT2D eigenvalue weighted by Crippen LogP contribution is 2.25. The van der Waals surface area contributed by atoms with Gasteiger partial charge < -0.3 is 4.90 Å². The third-order valence-corrected chi connectivity index (χ3v) is 3.74. The van der Waals surface area contributed by atoms with Crippen LogP contribution in [0.15, 0.2) is 95.7 Å². The predicted octanol–water partition coefficient (Wildman–Crippen LogP) is 6.10. The largest absolute Gasteiger partial charge is 0.338 e. The molecular weight excluding hydrogens is 334 g/mol. The first-order valence-corrected chi connectivity index (χ1v) is 8.05. The molecule has 0 spiro atoms. The van der Waals surface area contributed by atoms with E-state index in [0.29, 0.717) is 0 Å². The number of anilines is 1. The molecule has 2 rings (SSSR count). The molecule has 0 bridgehead atoms. The lowest BCUT2D eigenvalue weighted by Gasteiger charge is -2.25. The van der Waals surface area contributed by atoms with Crippen LogP contribution in [-0.2, 0) is 6.54 Å². The zero-order valence-electron chi connectivity index (χ0n) is 12.7. The zero-order chi connectivity index (χ0) is 15.8. The van der Waals surface area contributed by atoms with E-state index in [-0.39, 0.29) is 0 Å². The minimum Gasteiger partial charge on any atom is -0.338 e. The number of benzene rings is 2. The molecule has 0 aliphatic heterocycles. The predicted molar refractivity (Wildman–Crippen MR) is 99.9 cm³/mol. The summed E-state index contributed by atoms with van der Waals surface area (Å²) in [4.78, 5) is 2.21. The number of rotatable bonds is 6. The van der Waals surface area contributed by atoms with Crippen molar-refractivity contribution < 1.29 is 0 Å². The molecule has 0 heterocycles. The highest BCUT2D eigenvalue weighted by atomic mass is 79.9. The summed E-state index contributed by atoms with van der Waals surface area (Å²) < 4.78 is 1.06. The van der Waals surface area contributed by atoms with Crippen molar-refractivity contribution in [3.05, 3.63) is 101 Å². The van der Waals surface area contributed by atoms with Crippen LogP contribution >= 0.6 is 15.9 Å². The second-order valence-corrected chi connectivity index (χ2v) is 5.84. The molecule has 0 unspecified atom stereocenters. The van der Waals surface area contributed by atoms with E-state index in [1.165, 1.54) is 5.56 Å². The van der Waals surface area contributed by atoms with E-state index in [0.717, 1.165) is 22.4 Å². The van der Waals surface area contributed by atoms with Gasteiger partial charge in [0.25, 0.3) is 0 Å². The SMILES string of the molecule is C=C(/C=C\C=C/C)N(Cc1ccccc1)c1cccc(Br)c1. The summed E-state index contributed by atoms with van der Waals surface area (Å²) in [6.45, 7) is 7.01. The number of nitrogens with zero attached hydrogens (tertiary/aromatic N) is 1. The van der Waals surface area contributed by atoms with Gasteiger partial charge in [-0.15, -0.1) is 0 Å². The molecular formula is C20H20BrN. The van der Waals surface area contributed by atoms with Gasteiger partial charge in [0.2, 0.25) is 0 Å². The van der Waals surface area contributed by atoms with E-state index in [1.54, 1.807) is 0 Å². The van der Waals surface area contributed by atoms with Crippen LogP contribution in [0.3, 0.4) is 0 Å². The van der Waals surface area contributed by atoms with Gasteiger partial charge in [0.05, 0.1) is 0 Å². The van der Waals surface area contributed by atoms with Crippen molar-refractivity contribution in [3.63, 3.8) is 0 Å². The van der Waals surface area contributed by atoms with Gasteiger partial charge in [-0.25, -0.2) is 0 Å². The van der Waals surface area contributed by atoms with E-state index in [1.807, 2.05) is 49.4 Å². The molecule has 0 N–H and O–H groups in total. The monoisotopic (exact) mass is 353 g/mol. The smallest absolute Gasteiger partial charge is 0.0481 e. The summed E-state index contributed by atoms with van der Waals surface area (Å²) in [7, 11) is 0. The maximum atomic E-state index is 4.22. The molecule has 0 saturated heterocycles. The molecule has 2 aromatic rings. The highest BCUT2D eigenvalue weighted by molar-refractivity contribution is 9.10. The molecule has 0 aliphatic carbocycles. The minimum absolute atomic E-state index is 0.788. The number of hydrogen-bond acceptors (Lipinski definition) is 1. The van der Waals surface area contributed by atoms with Crippen LogP contribution in [0.2, 0.25) is 0 Å². The average molecular weight is 354 g/mol. The van der Waals surface area contributed by atoms with Crippen molar-refractivity contribution in [1.29, 1.82) is 0 Å². The Bertz CT molecular complexity index is 671. The molecule has 2 heteroatoms. The van der Waals surface area contributed by atoms with E-state index in [9.17, 15) is 0 Å². The Balaban J connectivity index is 2.29. The molecule has 0 aromatic heterocycles. The Labute approximate surface area is 141 Å². The second kappa shape index (κ2) is 8.40. The molecule has 0 aliphatic rings. The highest BCUT2D eigenvalue weighted by Gasteiger charge is 2.09. The van der Waals surface area contributed by atoms with Crippen LogP contribution in [0.25, 0.3) is 0 Å². The molecule has 0 atom stereocenters. The fourth-order valence-corrected chi connectivity index (χ4v) is 2.52. The molecule has 0 radical (unpaired) electrons. The molecule has 22 heavy (non-hydrogen) atoms. The van der Waals surface area contributed by atoms with Crippen LogP contribution in [0.1, 0.15) is 12.5 Å². The maximum Gasteiger partial charge on any atom is 0.0481 e. The Hall–Kier alpha value is -2.06. The van der Waals surface area contributed by atoms with E-state index >= 15 is 0 Å². The number of hydrogen-bond donors (Lipinski definition) is 0. The average Bonchev–Trinajstić information content (AvgIpc) is 2.53. The molecule has 0 amide bonds. The third-order valence-electron chi connectivity index (χ3n) is 3.24. The summed E-state index contributed by atoms with van der Waals surface area (Å²) in [5.41, 5.74) is 3.33. The van der Waals surface area contributed by atoms with Gasteiger partial charge in [-0.2, -0.15) is 0 Å². The second-order valence-electron chi connectivity index (χ2n) is 4.93. The van der Waals surface area contributed by atoms with Crippen molar-refractivity contribution in [2.75, 3.05) is 4.90 Å². The normalized spacial score (nSPS) is 11.2. The Morgan fingerprint density at radius 3 is 2.55 bits per heavy atom. The first-order chi connectivity index (χ1) is 10.7. The van der Waals surface area contributed by atoms with Crippen molar-refractivity contribution in [2.45, 2.75) is 13.5 Å². The Kier molecular flexibility index (Phi) is 6.23. The first kappa shape index (κ1) is 16.3. The number of allylic oxidation sites excluding steroid dienone is 4. The number of halogens is 1. The summed E-state index contributed by atoms with van der Waals surface area (Å²) in [5, 5.41) is 0. The Morgan fingerprint density at radius 1 is 1.09 bits per heavy atom. The first-order valence-electron chi connectivity index (χ1n) is 7.26. The summed E-state index contributed by atoms with van der Waals surface area (Å²) >= 11 is 3.54. The fourth-order valence-electron chi connectivity index (χ4n) is 2.14. The summed E-state index contributed by atoms with van der Waals surface area (Å²) in [6, 6.07) is 18.7. The van der Waals surface area contributed by atoms with E-state index < -0.39 is 0 Å². The van der Waals surface area contributed by atoms with Crippen molar-refractivity contribution >= 4 is 21.6 Å². The minimum atomic E-state index is 0.788. The summed E-state index contributed by atoms with van der Waals surface area (Å²) in [6.07, 6.45) is 8.05. The van der Waals surface area contributed by atoms with Gasteiger partial charge in [-0.05, 0) is 36.8 Å². The summed E-state index contributed by atoms with van der Waals surface area (Å²) in [5.74, 6) is 0. The maximum absolute atomic E-state index is 4.22. The van der Waals surface area contributed by atoms with Gasteiger partial charge >= 0.3 is 0 Å². The topological polar surface area (TPSA) is 3.24 Å². The van der Waals surface area contributed by atoms with Gasteiger partial charge in [-0.3, -0.25) is 0 Å². The molecule has 2 aromatic carbocycles. The van der Waals surface area contributed by atoms with Gasteiger partial charge in [0.15, 0.2) is 0 Å². The quantitative estimate of drug-likeness (QED) is 0.567. The van der Waals surface area contributed by atoms with E-state index in [4.69, 9.17) is 0 Å². The molecule has 112 valence electrons. The van der Waals surface area contributed by atoms with Crippen molar-refractivity contribution in [1.82, 2.24) is 0 Å². The van der Waals surface area contributed by atoms with Crippen LogP contribution in [0.4, 0.5) is 5.69 Å². The molecule has 0 saturated carbocycles. The molecule has 1 nitrogen and oxygen atoms in total. The van der Waals surface area contributed by atoms with Crippen molar-refractivity contribution in [3.8, 4) is 0 Å². The molecule has 0 fully saturated rings. The van der Waals surface area contributed by atoms with Crippen LogP contribution in [0, 0.1) is 0 Å². The Morgan fingerprint density at radius 2 is 1.86 bits per heavy atom. The lowest BCUT2D eigenvalue weighted by Crippen LogP contribution is -2.20. The zero-order valence-corrected chi connectivity index (χ0v) is 14.3. The van der Waals surface area contributed by atoms with Crippen LogP contribution in [-0.4, -0.2) is 0 Å². The third kappa shape index (κ3) is 4.74. The lowest BCUT2D eigenvalue weighted by atomic mass is 10.1. The standard InChI is InChI=1S/C20H20BrN/c1-3-4-6-10-17(2)22(16-18-11-7-5-8-12-18)20-14-9-13-19(21)15-20/h3-15H,2,16H2,1H3/b4-3-,10-6-. The van der Waals surface area contributed by atoms with Crippen molar-refractivity contribution in [2.24, 2.45) is 0 Å². The van der Waals surface area contributed by atoms with Gasteiger partial charge in [0.1, 0.15) is 0 Å². The van der Waals surface area contributed by atoms with Crippen LogP contribution < -0.4 is 4.90 Å². The van der Waals surface area contributed by atoms with Gasteiger partial charge in [0, 0.05) is 22.4 Å². The lowest BCUT2D eigenvalue weighted by molar-refractivity contribution is 0.937.